The lowest BCUT2D eigenvalue weighted by Gasteiger charge is -1.99. The van der Waals surface area contributed by atoms with Crippen LogP contribution in [0.5, 0.6) is 0 Å². The minimum absolute atomic E-state index is 0.0717. The van der Waals surface area contributed by atoms with Crippen LogP contribution in [0.25, 0.3) is 0 Å². The normalized spacial score (nSPS) is 8.86. The first-order valence-corrected chi connectivity index (χ1v) is 5.89. The van der Waals surface area contributed by atoms with E-state index < -0.39 is 0 Å². The minimum atomic E-state index is 0.0717. The Bertz CT molecular complexity index is 286. The number of Topliss-reactive ketones (excluding diaryl/α,β-unsaturated/α-hetero) is 1. The van der Waals surface area contributed by atoms with E-state index >= 15 is 0 Å². The van der Waals surface area contributed by atoms with Crippen molar-refractivity contribution >= 4 is 17.5 Å². The van der Waals surface area contributed by atoms with Gasteiger partial charge >= 0.3 is 0 Å². The van der Waals surface area contributed by atoms with Crippen molar-refractivity contribution in [3.05, 3.63) is 23.9 Å². The molecule has 0 aliphatic carbocycles. The van der Waals surface area contributed by atoms with E-state index in [9.17, 15) is 4.79 Å². The quantitative estimate of drug-likeness (QED) is 0.554. The molecule has 0 amide bonds. The van der Waals surface area contributed by atoms with Gasteiger partial charge < -0.3 is 0 Å². The van der Waals surface area contributed by atoms with Crippen LogP contribution in [0.15, 0.2) is 23.4 Å². The van der Waals surface area contributed by atoms with Gasteiger partial charge in [0.1, 0.15) is 5.03 Å². The number of aromatic nitrogens is 1. The highest BCUT2D eigenvalue weighted by atomic mass is 32.2. The monoisotopic (exact) mass is 211 g/mol. The van der Waals surface area contributed by atoms with E-state index in [-0.39, 0.29) is 5.78 Å². The van der Waals surface area contributed by atoms with Gasteiger partial charge in [0, 0.05) is 11.8 Å². The fourth-order valence-electron chi connectivity index (χ4n) is 0.821. The van der Waals surface area contributed by atoms with E-state index in [1.54, 1.807) is 25.3 Å². The Balaban J connectivity index is 0.000000500. The Morgan fingerprint density at radius 1 is 1.50 bits per heavy atom. The molecular formula is C11H17NOS. The van der Waals surface area contributed by atoms with Crippen molar-refractivity contribution in [2.45, 2.75) is 32.2 Å². The first-order valence-electron chi connectivity index (χ1n) is 4.67. The molecule has 1 rings (SSSR count). The molecule has 0 fully saturated rings. The van der Waals surface area contributed by atoms with Crippen LogP contribution < -0.4 is 0 Å². The van der Waals surface area contributed by atoms with Gasteiger partial charge in [0.2, 0.25) is 0 Å². The summed E-state index contributed by atoms with van der Waals surface area (Å²) in [5, 5.41) is 0.806. The molecule has 0 aliphatic heterocycles. The molecule has 1 aromatic rings. The van der Waals surface area contributed by atoms with Gasteiger partial charge in [-0.25, -0.2) is 4.98 Å². The smallest absolute Gasteiger partial charge is 0.162 e. The number of pyridine rings is 1. The standard InChI is InChI=1S/C8H9NOS.C3H8/c1-6(10)7-4-3-5-9-8(7)11-2;1-3-2/h3-5H,1-2H3;3H2,1-2H3. The third-order valence-electron chi connectivity index (χ3n) is 1.34. The maximum absolute atomic E-state index is 11.0. The Hall–Kier alpha value is -0.830. The molecule has 0 atom stereocenters. The van der Waals surface area contributed by atoms with Crippen molar-refractivity contribution in [3.8, 4) is 0 Å². The van der Waals surface area contributed by atoms with E-state index in [1.165, 1.54) is 18.2 Å². The van der Waals surface area contributed by atoms with Crippen LogP contribution in [0.3, 0.4) is 0 Å². The van der Waals surface area contributed by atoms with E-state index in [2.05, 4.69) is 18.8 Å². The van der Waals surface area contributed by atoms with Crippen LogP contribution in [0.2, 0.25) is 0 Å². The molecule has 0 radical (unpaired) electrons. The molecule has 0 saturated carbocycles. The molecule has 78 valence electrons. The molecule has 0 saturated heterocycles. The molecule has 2 nitrogen and oxygen atoms in total. The number of thioether (sulfide) groups is 1. The summed E-state index contributed by atoms with van der Waals surface area (Å²) in [5.41, 5.74) is 0.708. The summed E-state index contributed by atoms with van der Waals surface area (Å²) in [7, 11) is 0. The average Bonchev–Trinajstić information content (AvgIpc) is 2.19. The van der Waals surface area contributed by atoms with E-state index in [4.69, 9.17) is 0 Å². The van der Waals surface area contributed by atoms with Gasteiger partial charge in [-0.1, -0.05) is 20.3 Å². The highest BCUT2D eigenvalue weighted by Gasteiger charge is 2.04. The molecule has 14 heavy (non-hydrogen) atoms. The van der Waals surface area contributed by atoms with Crippen LogP contribution >= 0.6 is 11.8 Å². The Labute approximate surface area is 90.1 Å². The number of ketones is 1. The SMILES string of the molecule is CCC.CSc1ncccc1C(C)=O. The van der Waals surface area contributed by atoms with Crippen molar-refractivity contribution in [3.63, 3.8) is 0 Å². The third-order valence-corrected chi connectivity index (χ3v) is 2.06. The summed E-state index contributed by atoms with van der Waals surface area (Å²) in [4.78, 5) is 15.0. The summed E-state index contributed by atoms with van der Waals surface area (Å²) in [6.07, 6.45) is 4.85. The van der Waals surface area contributed by atoms with Crippen molar-refractivity contribution < 1.29 is 4.79 Å². The molecule has 0 aliphatic rings. The van der Waals surface area contributed by atoms with E-state index in [0.29, 0.717) is 5.56 Å². The maximum atomic E-state index is 11.0. The van der Waals surface area contributed by atoms with Gasteiger partial charge in [0.15, 0.2) is 5.78 Å². The summed E-state index contributed by atoms with van der Waals surface area (Å²) >= 11 is 1.49. The molecule has 0 unspecified atom stereocenters. The lowest BCUT2D eigenvalue weighted by molar-refractivity contribution is 0.101. The molecule has 0 spiro atoms. The Morgan fingerprint density at radius 2 is 2.07 bits per heavy atom. The van der Waals surface area contributed by atoms with Crippen LogP contribution in [-0.2, 0) is 0 Å². The lowest BCUT2D eigenvalue weighted by Crippen LogP contribution is -1.95. The van der Waals surface area contributed by atoms with Gasteiger partial charge in [-0.3, -0.25) is 4.79 Å². The highest BCUT2D eigenvalue weighted by molar-refractivity contribution is 7.98. The second kappa shape index (κ2) is 7.56. The molecule has 0 bridgehead atoms. The fourth-order valence-corrected chi connectivity index (χ4v) is 1.42. The van der Waals surface area contributed by atoms with Crippen LogP contribution in [0.1, 0.15) is 37.6 Å². The van der Waals surface area contributed by atoms with Gasteiger partial charge in [0.25, 0.3) is 0 Å². The fraction of sp³-hybridized carbons (Fsp3) is 0.455. The predicted molar refractivity (Wildman–Crippen MR) is 62.0 cm³/mol. The molecular weight excluding hydrogens is 194 g/mol. The number of hydrogen-bond acceptors (Lipinski definition) is 3. The molecule has 1 heterocycles. The first kappa shape index (κ1) is 13.2. The second-order valence-electron chi connectivity index (χ2n) is 2.82. The number of carbonyl (C=O) groups is 1. The van der Waals surface area contributed by atoms with Crippen molar-refractivity contribution in [1.82, 2.24) is 4.98 Å². The van der Waals surface area contributed by atoms with Crippen molar-refractivity contribution in [2.75, 3.05) is 6.26 Å². The summed E-state index contributed by atoms with van der Waals surface area (Å²) < 4.78 is 0. The van der Waals surface area contributed by atoms with Gasteiger partial charge in [-0.2, -0.15) is 0 Å². The highest BCUT2D eigenvalue weighted by Crippen LogP contribution is 2.16. The van der Waals surface area contributed by atoms with Crippen LogP contribution in [0.4, 0.5) is 0 Å². The van der Waals surface area contributed by atoms with Crippen molar-refractivity contribution in [2.24, 2.45) is 0 Å². The van der Waals surface area contributed by atoms with E-state index in [1.807, 2.05) is 6.26 Å². The Kier molecular flexibility index (Phi) is 7.11. The zero-order valence-corrected chi connectivity index (χ0v) is 10.0. The van der Waals surface area contributed by atoms with E-state index in [0.717, 1.165) is 5.03 Å². The predicted octanol–water partition coefficient (Wildman–Crippen LogP) is 3.42. The lowest BCUT2D eigenvalue weighted by atomic mass is 10.2. The maximum Gasteiger partial charge on any atom is 0.162 e. The number of hydrogen-bond donors (Lipinski definition) is 0. The molecule has 3 heteroatoms. The third kappa shape index (κ3) is 4.42. The number of rotatable bonds is 2. The number of carbonyl (C=O) groups excluding carboxylic acids is 1. The molecule has 0 aromatic carbocycles. The van der Waals surface area contributed by atoms with Crippen molar-refractivity contribution in [1.29, 1.82) is 0 Å². The second-order valence-corrected chi connectivity index (χ2v) is 3.62. The molecule has 0 N–H and O–H groups in total. The zero-order chi connectivity index (χ0) is 11.0. The topological polar surface area (TPSA) is 30.0 Å². The Morgan fingerprint density at radius 3 is 2.43 bits per heavy atom. The van der Waals surface area contributed by atoms with Gasteiger partial charge in [-0.05, 0) is 25.3 Å². The largest absolute Gasteiger partial charge is 0.294 e. The van der Waals surface area contributed by atoms with Gasteiger partial charge in [0.05, 0.1) is 0 Å². The molecule has 1 aromatic heterocycles. The minimum Gasteiger partial charge on any atom is -0.294 e. The summed E-state index contributed by atoms with van der Waals surface area (Å²) in [5.74, 6) is 0.0717. The first-order chi connectivity index (χ1) is 6.67. The van der Waals surface area contributed by atoms with Gasteiger partial charge in [-0.15, -0.1) is 11.8 Å². The van der Waals surface area contributed by atoms with Crippen LogP contribution in [-0.4, -0.2) is 17.0 Å². The number of nitrogens with zero attached hydrogens (tertiary/aromatic N) is 1. The zero-order valence-electron chi connectivity index (χ0n) is 9.20. The summed E-state index contributed by atoms with van der Waals surface area (Å²) in [6.45, 7) is 5.80. The summed E-state index contributed by atoms with van der Waals surface area (Å²) in [6, 6.07) is 3.57. The average molecular weight is 211 g/mol. The van der Waals surface area contributed by atoms with Crippen LogP contribution in [0, 0.1) is 0 Å².